The number of hydrogen-bond acceptors (Lipinski definition) is 5. The summed E-state index contributed by atoms with van der Waals surface area (Å²) < 4.78 is 10.6. The number of aryl methyl sites for hydroxylation is 2. The monoisotopic (exact) mass is 375 g/mol. The van der Waals surface area contributed by atoms with Crippen LogP contribution in [0.5, 0.6) is 11.5 Å². The SMILES string of the molecule is Cc1ccc(C)c(Nc2ccc(C(=O)NCc3ccc4c(c3)OCO4)cn2)c1. The molecule has 1 aromatic heterocycles. The second-order valence-electron chi connectivity index (χ2n) is 6.75. The second-order valence-corrected chi connectivity index (χ2v) is 6.75. The van der Waals surface area contributed by atoms with Crippen molar-refractivity contribution in [3.05, 3.63) is 77.0 Å². The van der Waals surface area contributed by atoms with Crippen molar-refractivity contribution in [2.75, 3.05) is 12.1 Å². The number of nitrogens with one attached hydrogen (secondary N) is 2. The Morgan fingerprint density at radius 1 is 1.04 bits per heavy atom. The van der Waals surface area contributed by atoms with Gasteiger partial charge in [-0.25, -0.2) is 4.98 Å². The standard InChI is InChI=1S/C22H21N3O3/c1-14-3-4-15(2)18(9-14)25-21-8-6-17(12-23-21)22(26)24-11-16-5-7-19-20(10-16)28-13-27-19/h3-10,12H,11,13H2,1-2H3,(H,23,25)(H,24,26). The van der Waals surface area contributed by atoms with Gasteiger partial charge in [-0.2, -0.15) is 0 Å². The zero-order chi connectivity index (χ0) is 19.5. The molecule has 4 rings (SSSR count). The largest absolute Gasteiger partial charge is 0.454 e. The van der Waals surface area contributed by atoms with Gasteiger partial charge >= 0.3 is 0 Å². The summed E-state index contributed by atoms with van der Waals surface area (Å²) in [5.74, 6) is 1.95. The zero-order valence-corrected chi connectivity index (χ0v) is 15.8. The number of pyridine rings is 1. The molecule has 0 aliphatic carbocycles. The first-order valence-electron chi connectivity index (χ1n) is 9.05. The molecule has 1 amide bonds. The Morgan fingerprint density at radius 3 is 2.71 bits per heavy atom. The molecule has 6 nitrogen and oxygen atoms in total. The first-order valence-corrected chi connectivity index (χ1v) is 9.05. The molecule has 0 radical (unpaired) electrons. The molecule has 0 bridgehead atoms. The number of carbonyl (C=O) groups is 1. The summed E-state index contributed by atoms with van der Waals surface area (Å²) in [5.41, 5.74) is 4.77. The highest BCUT2D eigenvalue weighted by Crippen LogP contribution is 2.32. The van der Waals surface area contributed by atoms with Crippen LogP contribution in [0.1, 0.15) is 27.0 Å². The van der Waals surface area contributed by atoms with E-state index in [9.17, 15) is 4.79 Å². The lowest BCUT2D eigenvalue weighted by Gasteiger charge is -2.10. The van der Waals surface area contributed by atoms with Crippen LogP contribution in [0.3, 0.4) is 0 Å². The van der Waals surface area contributed by atoms with E-state index in [1.807, 2.05) is 32.0 Å². The Morgan fingerprint density at radius 2 is 1.89 bits per heavy atom. The second kappa shape index (κ2) is 7.60. The van der Waals surface area contributed by atoms with Gasteiger partial charge in [0, 0.05) is 18.4 Å². The Bertz CT molecular complexity index is 1020. The zero-order valence-electron chi connectivity index (χ0n) is 15.8. The van der Waals surface area contributed by atoms with Crippen molar-refractivity contribution < 1.29 is 14.3 Å². The van der Waals surface area contributed by atoms with Crippen LogP contribution in [0, 0.1) is 13.8 Å². The van der Waals surface area contributed by atoms with Gasteiger partial charge in [-0.1, -0.05) is 18.2 Å². The Labute approximate surface area is 163 Å². The molecule has 2 aromatic carbocycles. The van der Waals surface area contributed by atoms with Gasteiger partial charge in [0.25, 0.3) is 5.91 Å². The molecule has 0 spiro atoms. The maximum absolute atomic E-state index is 12.4. The summed E-state index contributed by atoms with van der Waals surface area (Å²) in [4.78, 5) is 16.8. The quantitative estimate of drug-likeness (QED) is 0.702. The summed E-state index contributed by atoms with van der Waals surface area (Å²) in [7, 11) is 0. The third-order valence-corrected chi connectivity index (χ3v) is 4.57. The van der Waals surface area contributed by atoms with Crippen molar-refractivity contribution in [1.82, 2.24) is 10.3 Å². The molecule has 1 aliphatic rings. The van der Waals surface area contributed by atoms with Crippen LogP contribution in [0.15, 0.2) is 54.7 Å². The summed E-state index contributed by atoms with van der Waals surface area (Å²) in [6.07, 6.45) is 1.57. The third kappa shape index (κ3) is 3.91. The van der Waals surface area contributed by atoms with Gasteiger partial charge in [0.1, 0.15) is 5.82 Å². The van der Waals surface area contributed by atoms with E-state index >= 15 is 0 Å². The number of aromatic nitrogens is 1. The number of nitrogens with zero attached hydrogens (tertiary/aromatic N) is 1. The number of fused-ring (bicyclic) bond motifs is 1. The van der Waals surface area contributed by atoms with E-state index in [0.717, 1.165) is 22.6 Å². The molecule has 1 aliphatic heterocycles. The van der Waals surface area contributed by atoms with Gasteiger partial charge in [0.15, 0.2) is 11.5 Å². The van der Waals surface area contributed by atoms with Crippen molar-refractivity contribution in [2.24, 2.45) is 0 Å². The number of amides is 1. The van der Waals surface area contributed by atoms with E-state index in [1.54, 1.807) is 18.3 Å². The van der Waals surface area contributed by atoms with E-state index in [4.69, 9.17) is 9.47 Å². The molecule has 28 heavy (non-hydrogen) atoms. The normalized spacial score (nSPS) is 11.9. The highest BCUT2D eigenvalue weighted by atomic mass is 16.7. The predicted octanol–water partition coefficient (Wildman–Crippen LogP) is 4.10. The molecular formula is C22H21N3O3. The van der Waals surface area contributed by atoms with Crippen molar-refractivity contribution in [3.8, 4) is 11.5 Å². The third-order valence-electron chi connectivity index (χ3n) is 4.57. The van der Waals surface area contributed by atoms with Crippen LogP contribution in [0.4, 0.5) is 11.5 Å². The summed E-state index contributed by atoms with van der Waals surface area (Å²) in [5, 5.41) is 6.19. The van der Waals surface area contributed by atoms with Crippen LogP contribution < -0.4 is 20.1 Å². The van der Waals surface area contributed by atoms with Gasteiger partial charge in [0.2, 0.25) is 6.79 Å². The van der Waals surface area contributed by atoms with Gasteiger partial charge in [-0.15, -0.1) is 0 Å². The number of hydrogen-bond donors (Lipinski definition) is 2. The van der Waals surface area contributed by atoms with Crippen LogP contribution >= 0.6 is 0 Å². The van der Waals surface area contributed by atoms with Gasteiger partial charge in [-0.3, -0.25) is 4.79 Å². The van der Waals surface area contributed by atoms with Gasteiger partial charge in [0.05, 0.1) is 5.56 Å². The van der Waals surface area contributed by atoms with Crippen molar-refractivity contribution in [3.63, 3.8) is 0 Å². The van der Waals surface area contributed by atoms with Crippen LogP contribution in [-0.4, -0.2) is 17.7 Å². The van der Waals surface area contributed by atoms with E-state index in [-0.39, 0.29) is 12.7 Å². The van der Waals surface area contributed by atoms with Gasteiger partial charge < -0.3 is 20.1 Å². The van der Waals surface area contributed by atoms with E-state index in [0.29, 0.717) is 23.7 Å². The van der Waals surface area contributed by atoms with Crippen molar-refractivity contribution >= 4 is 17.4 Å². The molecule has 0 fully saturated rings. The Kier molecular flexibility index (Phi) is 4.85. The lowest BCUT2D eigenvalue weighted by Crippen LogP contribution is -2.22. The maximum Gasteiger partial charge on any atom is 0.253 e. The molecule has 2 N–H and O–H groups in total. The lowest BCUT2D eigenvalue weighted by molar-refractivity contribution is 0.0950. The van der Waals surface area contributed by atoms with Crippen LogP contribution in [-0.2, 0) is 6.54 Å². The molecule has 6 heteroatoms. The van der Waals surface area contributed by atoms with Crippen LogP contribution in [0.2, 0.25) is 0 Å². The topological polar surface area (TPSA) is 72.5 Å². The first kappa shape index (κ1) is 17.9. The highest BCUT2D eigenvalue weighted by Gasteiger charge is 2.14. The lowest BCUT2D eigenvalue weighted by atomic mass is 10.1. The molecule has 2 heterocycles. The highest BCUT2D eigenvalue weighted by molar-refractivity contribution is 5.94. The average Bonchev–Trinajstić information content (AvgIpc) is 3.17. The summed E-state index contributed by atoms with van der Waals surface area (Å²) >= 11 is 0. The minimum Gasteiger partial charge on any atom is -0.454 e. The minimum atomic E-state index is -0.177. The van der Waals surface area contributed by atoms with Gasteiger partial charge in [-0.05, 0) is 60.9 Å². The van der Waals surface area contributed by atoms with E-state index < -0.39 is 0 Å². The maximum atomic E-state index is 12.4. The van der Waals surface area contributed by atoms with E-state index in [1.165, 1.54) is 5.56 Å². The molecule has 0 atom stereocenters. The fraction of sp³-hybridized carbons (Fsp3) is 0.182. The first-order chi connectivity index (χ1) is 13.6. The van der Waals surface area contributed by atoms with E-state index in [2.05, 4.69) is 33.8 Å². The Balaban J connectivity index is 1.38. The van der Waals surface area contributed by atoms with Crippen LogP contribution in [0.25, 0.3) is 0 Å². The molecule has 142 valence electrons. The average molecular weight is 375 g/mol. The summed E-state index contributed by atoms with van der Waals surface area (Å²) in [6.45, 7) is 4.72. The summed E-state index contributed by atoms with van der Waals surface area (Å²) in [6, 6.07) is 15.4. The molecule has 0 saturated heterocycles. The number of benzene rings is 2. The smallest absolute Gasteiger partial charge is 0.253 e. The Hall–Kier alpha value is -3.54. The van der Waals surface area contributed by atoms with Crippen molar-refractivity contribution in [1.29, 1.82) is 0 Å². The number of rotatable bonds is 5. The fourth-order valence-corrected chi connectivity index (χ4v) is 2.95. The molecule has 0 saturated carbocycles. The molecule has 0 unspecified atom stereocenters. The molecular weight excluding hydrogens is 354 g/mol. The molecule has 3 aromatic rings. The van der Waals surface area contributed by atoms with Crippen molar-refractivity contribution in [2.45, 2.75) is 20.4 Å². The number of ether oxygens (including phenoxy) is 2. The minimum absolute atomic E-state index is 0.177. The number of carbonyl (C=O) groups excluding carboxylic acids is 1. The number of anilines is 2. The predicted molar refractivity (Wildman–Crippen MR) is 107 cm³/mol. The fourth-order valence-electron chi connectivity index (χ4n) is 2.95.